The standard InChI is InChI=1S/C19H21FN4O3/c1-3-17(25)24-11-10-15(12-24)23(2)18(26)9-8-16-21-19(22-27-16)13-4-6-14(20)7-5-13/h3-7,15H,1,8-12H2,2H3/t15-/m0/s1. The minimum absolute atomic E-state index is 0.00105. The Morgan fingerprint density at radius 2 is 2.15 bits per heavy atom. The Kier molecular flexibility index (Phi) is 5.63. The van der Waals surface area contributed by atoms with Crippen LogP contribution in [-0.2, 0) is 16.0 Å². The van der Waals surface area contributed by atoms with E-state index in [9.17, 15) is 14.0 Å². The molecular formula is C19H21FN4O3. The molecule has 2 heterocycles. The zero-order chi connectivity index (χ0) is 19.4. The van der Waals surface area contributed by atoms with E-state index in [1.54, 1.807) is 29.0 Å². The second-order valence-electron chi connectivity index (χ2n) is 6.45. The van der Waals surface area contributed by atoms with Gasteiger partial charge < -0.3 is 14.3 Å². The third-order valence-electron chi connectivity index (χ3n) is 4.71. The molecule has 7 nitrogen and oxygen atoms in total. The Morgan fingerprint density at radius 1 is 1.41 bits per heavy atom. The van der Waals surface area contributed by atoms with Gasteiger partial charge in [-0.1, -0.05) is 11.7 Å². The topological polar surface area (TPSA) is 79.5 Å². The molecule has 1 atom stereocenters. The summed E-state index contributed by atoms with van der Waals surface area (Å²) in [7, 11) is 1.74. The van der Waals surface area contributed by atoms with Crippen LogP contribution in [0.4, 0.5) is 4.39 Å². The second-order valence-corrected chi connectivity index (χ2v) is 6.45. The first kappa shape index (κ1) is 18.8. The Morgan fingerprint density at radius 3 is 2.85 bits per heavy atom. The summed E-state index contributed by atoms with van der Waals surface area (Å²) < 4.78 is 18.2. The summed E-state index contributed by atoms with van der Waals surface area (Å²) in [4.78, 5) is 31.7. The summed E-state index contributed by atoms with van der Waals surface area (Å²) in [5.74, 6) is 0.217. The van der Waals surface area contributed by atoms with Crippen molar-refractivity contribution < 1.29 is 18.5 Å². The summed E-state index contributed by atoms with van der Waals surface area (Å²) in [6, 6.07) is 5.79. The van der Waals surface area contributed by atoms with Crippen LogP contribution >= 0.6 is 0 Å². The molecule has 1 saturated heterocycles. The quantitative estimate of drug-likeness (QED) is 0.725. The molecule has 1 fully saturated rings. The van der Waals surface area contributed by atoms with E-state index in [-0.39, 0.29) is 30.1 Å². The fourth-order valence-electron chi connectivity index (χ4n) is 3.05. The number of halogens is 1. The summed E-state index contributed by atoms with van der Waals surface area (Å²) in [6.45, 7) is 4.63. The van der Waals surface area contributed by atoms with Crippen molar-refractivity contribution in [1.29, 1.82) is 0 Å². The van der Waals surface area contributed by atoms with Crippen LogP contribution in [0.1, 0.15) is 18.7 Å². The summed E-state index contributed by atoms with van der Waals surface area (Å²) >= 11 is 0. The van der Waals surface area contributed by atoms with E-state index >= 15 is 0 Å². The van der Waals surface area contributed by atoms with E-state index < -0.39 is 0 Å². The monoisotopic (exact) mass is 372 g/mol. The van der Waals surface area contributed by atoms with Crippen LogP contribution in [0, 0.1) is 5.82 Å². The molecule has 0 bridgehead atoms. The molecule has 1 aromatic heterocycles. The van der Waals surface area contributed by atoms with Crippen LogP contribution < -0.4 is 0 Å². The molecule has 1 aliphatic heterocycles. The molecular weight excluding hydrogens is 351 g/mol. The van der Waals surface area contributed by atoms with Crippen LogP contribution in [0.15, 0.2) is 41.4 Å². The number of rotatable bonds is 6. The highest BCUT2D eigenvalue weighted by atomic mass is 19.1. The lowest BCUT2D eigenvalue weighted by atomic mass is 10.2. The average Bonchev–Trinajstić information content (AvgIpc) is 3.35. The van der Waals surface area contributed by atoms with E-state index in [1.165, 1.54) is 18.2 Å². The Hall–Kier alpha value is -3.03. The number of carbonyl (C=O) groups excluding carboxylic acids is 2. The zero-order valence-electron chi connectivity index (χ0n) is 15.1. The van der Waals surface area contributed by atoms with Gasteiger partial charge in [-0.25, -0.2) is 4.39 Å². The molecule has 2 aromatic rings. The fraction of sp³-hybridized carbons (Fsp3) is 0.368. The lowest BCUT2D eigenvalue weighted by molar-refractivity contribution is -0.132. The number of aromatic nitrogens is 2. The van der Waals surface area contributed by atoms with Crippen molar-refractivity contribution in [3.05, 3.63) is 48.6 Å². The molecule has 2 amide bonds. The van der Waals surface area contributed by atoms with Gasteiger partial charge in [0.15, 0.2) is 0 Å². The van der Waals surface area contributed by atoms with Crippen molar-refractivity contribution in [1.82, 2.24) is 19.9 Å². The molecule has 0 spiro atoms. The first-order valence-electron chi connectivity index (χ1n) is 8.73. The summed E-state index contributed by atoms with van der Waals surface area (Å²) in [5.41, 5.74) is 0.646. The number of likely N-dealkylation sites (tertiary alicyclic amines) is 1. The third-order valence-corrected chi connectivity index (χ3v) is 4.71. The predicted octanol–water partition coefficient (Wildman–Crippen LogP) is 2.05. The maximum Gasteiger partial charge on any atom is 0.246 e. The van der Waals surface area contributed by atoms with Crippen molar-refractivity contribution >= 4 is 11.8 Å². The van der Waals surface area contributed by atoms with Gasteiger partial charge in [0.25, 0.3) is 0 Å². The van der Waals surface area contributed by atoms with Crippen LogP contribution in [0.3, 0.4) is 0 Å². The van der Waals surface area contributed by atoms with Crippen molar-refractivity contribution in [2.75, 3.05) is 20.1 Å². The van der Waals surface area contributed by atoms with Gasteiger partial charge in [-0.05, 0) is 36.8 Å². The first-order valence-corrected chi connectivity index (χ1v) is 8.73. The predicted molar refractivity (Wildman–Crippen MR) is 96.0 cm³/mol. The van der Waals surface area contributed by atoms with Crippen molar-refractivity contribution in [2.24, 2.45) is 0 Å². The number of hydrogen-bond donors (Lipinski definition) is 0. The molecule has 0 radical (unpaired) electrons. The minimum Gasteiger partial charge on any atom is -0.341 e. The Balaban J connectivity index is 1.53. The van der Waals surface area contributed by atoms with Gasteiger partial charge in [-0.15, -0.1) is 0 Å². The second kappa shape index (κ2) is 8.11. The maximum absolute atomic E-state index is 13.0. The average molecular weight is 372 g/mol. The first-order chi connectivity index (χ1) is 13.0. The molecule has 142 valence electrons. The van der Waals surface area contributed by atoms with Crippen molar-refractivity contribution in [2.45, 2.75) is 25.3 Å². The lowest BCUT2D eigenvalue weighted by Crippen LogP contribution is -2.39. The molecule has 0 N–H and O–H groups in total. The van der Waals surface area contributed by atoms with Gasteiger partial charge in [0.2, 0.25) is 23.5 Å². The Labute approximate surface area is 156 Å². The van der Waals surface area contributed by atoms with Crippen molar-refractivity contribution in [3.63, 3.8) is 0 Å². The highest BCUT2D eigenvalue weighted by Gasteiger charge is 2.30. The number of aryl methyl sites for hydroxylation is 1. The van der Waals surface area contributed by atoms with Gasteiger partial charge in [0, 0.05) is 38.5 Å². The third kappa shape index (κ3) is 4.39. The van der Waals surface area contributed by atoms with E-state index in [1.807, 2.05) is 0 Å². The number of carbonyl (C=O) groups is 2. The van der Waals surface area contributed by atoms with Gasteiger partial charge in [0.1, 0.15) is 5.82 Å². The maximum atomic E-state index is 13.0. The number of likely N-dealkylation sites (N-methyl/N-ethyl adjacent to an activating group) is 1. The van der Waals surface area contributed by atoms with Crippen LogP contribution in [0.25, 0.3) is 11.4 Å². The number of nitrogens with zero attached hydrogens (tertiary/aromatic N) is 4. The summed E-state index contributed by atoms with van der Waals surface area (Å²) in [5, 5.41) is 3.87. The van der Waals surface area contributed by atoms with E-state index in [2.05, 4.69) is 16.7 Å². The molecule has 3 rings (SSSR count). The van der Waals surface area contributed by atoms with E-state index in [0.717, 1.165) is 6.42 Å². The smallest absolute Gasteiger partial charge is 0.246 e. The lowest BCUT2D eigenvalue weighted by Gasteiger charge is -2.24. The fourth-order valence-corrected chi connectivity index (χ4v) is 3.05. The normalized spacial score (nSPS) is 16.4. The molecule has 0 saturated carbocycles. The van der Waals surface area contributed by atoms with E-state index in [0.29, 0.717) is 36.8 Å². The molecule has 1 aromatic carbocycles. The van der Waals surface area contributed by atoms with Crippen molar-refractivity contribution in [3.8, 4) is 11.4 Å². The van der Waals surface area contributed by atoms with E-state index in [4.69, 9.17) is 4.52 Å². The number of benzene rings is 1. The van der Waals surface area contributed by atoms with Gasteiger partial charge in [-0.3, -0.25) is 9.59 Å². The Bertz CT molecular complexity index is 834. The molecule has 0 aliphatic carbocycles. The van der Waals surface area contributed by atoms with Crippen LogP contribution in [0.2, 0.25) is 0 Å². The van der Waals surface area contributed by atoms with Gasteiger partial charge in [-0.2, -0.15) is 4.98 Å². The number of amides is 2. The SMILES string of the molecule is C=CC(=O)N1CC[C@H](N(C)C(=O)CCc2nc(-c3ccc(F)cc3)no2)C1. The highest BCUT2D eigenvalue weighted by molar-refractivity contribution is 5.87. The molecule has 0 unspecified atom stereocenters. The molecule has 8 heteroatoms. The highest BCUT2D eigenvalue weighted by Crippen LogP contribution is 2.18. The van der Waals surface area contributed by atoms with Gasteiger partial charge >= 0.3 is 0 Å². The van der Waals surface area contributed by atoms with Crippen LogP contribution in [-0.4, -0.2) is 57.9 Å². The minimum atomic E-state index is -0.337. The largest absolute Gasteiger partial charge is 0.341 e. The van der Waals surface area contributed by atoms with Gasteiger partial charge in [0.05, 0.1) is 6.04 Å². The molecule has 27 heavy (non-hydrogen) atoms. The van der Waals surface area contributed by atoms with Crippen LogP contribution in [0.5, 0.6) is 0 Å². The number of hydrogen-bond acceptors (Lipinski definition) is 5. The zero-order valence-corrected chi connectivity index (χ0v) is 15.1. The summed E-state index contributed by atoms with van der Waals surface area (Å²) in [6.07, 6.45) is 2.59. The molecule has 1 aliphatic rings.